The zero-order chi connectivity index (χ0) is 28.1. The van der Waals surface area contributed by atoms with Gasteiger partial charge >= 0.3 is 0 Å². The second-order valence-electron chi connectivity index (χ2n) is 9.55. The van der Waals surface area contributed by atoms with Crippen LogP contribution in [0.5, 0.6) is 0 Å². The molecule has 0 saturated carbocycles. The molecule has 0 bridgehead atoms. The van der Waals surface area contributed by atoms with Crippen LogP contribution in [0.15, 0.2) is 104 Å². The smallest absolute Gasteiger partial charge is 0.142 e. The highest BCUT2D eigenvalue weighted by Crippen LogP contribution is 2.35. The van der Waals surface area contributed by atoms with Crippen molar-refractivity contribution < 1.29 is 4.39 Å². The van der Waals surface area contributed by atoms with Crippen molar-refractivity contribution in [1.29, 1.82) is 0 Å². The number of aryl methyl sites for hydroxylation is 1. The van der Waals surface area contributed by atoms with E-state index in [-0.39, 0.29) is 11.7 Å². The molecule has 6 heteroatoms. The second kappa shape index (κ2) is 11.8. The van der Waals surface area contributed by atoms with E-state index in [9.17, 15) is 0 Å². The molecule has 0 saturated heterocycles. The van der Waals surface area contributed by atoms with Gasteiger partial charge in [0.05, 0.1) is 16.6 Å². The van der Waals surface area contributed by atoms with Gasteiger partial charge in [-0.15, -0.1) is 0 Å². The maximum absolute atomic E-state index is 16.2. The molecule has 0 aliphatic rings. The predicted molar refractivity (Wildman–Crippen MR) is 161 cm³/mol. The van der Waals surface area contributed by atoms with Gasteiger partial charge in [-0.2, -0.15) is 5.10 Å². The molecule has 4 aromatic rings. The molecule has 0 aliphatic heterocycles. The molecule has 0 amide bonds. The first-order valence-corrected chi connectivity index (χ1v) is 12.9. The van der Waals surface area contributed by atoms with Crippen LogP contribution < -0.4 is 5.32 Å². The summed E-state index contributed by atoms with van der Waals surface area (Å²) in [5, 5.41) is 11.2. The summed E-state index contributed by atoms with van der Waals surface area (Å²) >= 11 is 0. The largest absolute Gasteiger partial charge is 0.359 e. The van der Waals surface area contributed by atoms with Crippen molar-refractivity contribution in [3.8, 4) is 11.4 Å². The lowest BCUT2D eigenvalue weighted by molar-refractivity contribution is 0.636. The summed E-state index contributed by atoms with van der Waals surface area (Å²) in [4.78, 5) is 7.54. The van der Waals surface area contributed by atoms with Gasteiger partial charge in [0.25, 0.3) is 0 Å². The van der Waals surface area contributed by atoms with E-state index in [4.69, 9.17) is 0 Å². The molecule has 0 atom stereocenters. The van der Waals surface area contributed by atoms with Gasteiger partial charge in [0.1, 0.15) is 11.5 Å². The molecule has 0 radical (unpaired) electrons. The number of rotatable bonds is 10. The average molecular weight is 520 g/mol. The summed E-state index contributed by atoms with van der Waals surface area (Å²) < 4.78 is 16.2. The third-order valence-corrected chi connectivity index (χ3v) is 6.66. The highest BCUT2D eigenvalue weighted by atomic mass is 19.1. The first-order chi connectivity index (χ1) is 18.8. The van der Waals surface area contributed by atoms with Crippen LogP contribution in [0.25, 0.3) is 33.4 Å². The molecule has 3 heterocycles. The number of pyridine rings is 1. The van der Waals surface area contributed by atoms with E-state index >= 15 is 4.39 Å². The van der Waals surface area contributed by atoms with E-state index in [0.29, 0.717) is 27.9 Å². The number of H-pyrrole nitrogens is 2. The molecule has 3 N–H and O–H groups in total. The molecule has 0 unspecified atom stereocenters. The Hall–Kier alpha value is -4.71. The van der Waals surface area contributed by atoms with Crippen LogP contribution >= 0.6 is 0 Å². The van der Waals surface area contributed by atoms with Gasteiger partial charge in [0.2, 0.25) is 0 Å². The zero-order valence-electron chi connectivity index (χ0n) is 22.9. The van der Waals surface area contributed by atoms with Crippen molar-refractivity contribution in [2.45, 2.75) is 27.7 Å². The zero-order valence-corrected chi connectivity index (χ0v) is 22.9. The Bertz CT molecular complexity index is 1630. The number of nitrogens with one attached hydrogen (secondary N) is 3. The van der Waals surface area contributed by atoms with Crippen molar-refractivity contribution >= 4 is 22.0 Å². The number of nitrogens with zero attached hydrogens (tertiary/aromatic N) is 2. The van der Waals surface area contributed by atoms with Crippen molar-refractivity contribution in [1.82, 2.24) is 25.5 Å². The SMILES string of the molecule is C=C/C=C(/c1ccncc1)c1cc(-c2n[nH]c3ccc(C(/C=C(\C=C)NC(=C)C(C)C)=C/C)c(F)c23)[nH]c1C. The number of aromatic nitrogens is 4. The van der Waals surface area contributed by atoms with E-state index in [1.54, 1.807) is 30.6 Å². The first kappa shape index (κ1) is 27.3. The van der Waals surface area contributed by atoms with Crippen LogP contribution in [-0.2, 0) is 0 Å². The molecular weight excluding hydrogens is 485 g/mol. The Kier molecular flexibility index (Phi) is 8.25. The Morgan fingerprint density at radius 1 is 1.10 bits per heavy atom. The lowest BCUT2D eigenvalue weighted by Crippen LogP contribution is -2.14. The van der Waals surface area contributed by atoms with Gasteiger partial charge in [-0.1, -0.05) is 51.8 Å². The second-order valence-corrected chi connectivity index (χ2v) is 9.55. The Morgan fingerprint density at radius 2 is 1.85 bits per heavy atom. The molecule has 39 heavy (non-hydrogen) atoms. The highest BCUT2D eigenvalue weighted by molar-refractivity contribution is 5.96. The molecule has 0 fully saturated rings. The minimum Gasteiger partial charge on any atom is -0.359 e. The number of hydrogen-bond acceptors (Lipinski definition) is 3. The number of aromatic amines is 2. The van der Waals surface area contributed by atoms with Crippen LogP contribution in [0.3, 0.4) is 0 Å². The Labute approximate surface area is 229 Å². The summed E-state index contributed by atoms with van der Waals surface area (Å²) in [6.45, 7) is 19.9. The minimum absolute atomic E-state index is 0.249. The van der Waals surface area contributed by atoms with Crippen LogP contribution in [0, 0.1) is 18.7 Å². The fourth-order valence-corrected chi connectivity index (χ4v) is 4.41. The van der Waals surface area contributed by atoms with Crippen LogP contribution in [0.2, 0.25) is 0 Å². The molecule has 3 aromatic heterocycles. The number of benzene rings is 1. The van der Waals surface area contributed by atoms with Crippen LogP contribution in [0.4, 0.5) is 4.39 Å². The van der Waals surface area contributed by atoms with E-state index in [1.165, 1.54) is 0 Å². The van der Waals surface area contributed by atoms with Gasteiger partial charge < -0.3 is 10.3 Å². The molecular formula is C33H34FN5. The van der Waals surface area contributed by atoms with Crippen LogP contribution in [0.1, 0.15) is 43.2 Å². The maximum atomic E-state index is 16.2. The summed E-state index contributed by atoms with van der Waals surface area (Å²) in [5.41, 5.74) is 8.56. The van der Waals surface area contributed by atoms with E-state index in [2.05, 4.69) is 59.1 Å². The number of halogens is 1. The third-order valence-electron chi connectivity index (χ3n) is 6.66. The molecule has 5 nitrogen and oxygen atoms in total. The van der Waals surface area contributed by atoms with Crippen molar-refractivity contribution in [2.75, 3.05) is 0 Å². The highest BCUT2D eigenvalue weighted by Gasteiger charge is 2.20. The predicted octanol–water partition coefficient (Wildman–Crippen LogP) is 8.25. The summed E-state index contributed by atoms with van der Waals surface area (Å²) in [6.07, 6.45) is 12.7. The van der Waals surface area contributed by atoms with Crippen molar-refractivity contribution in [2.24, 2.45) is 5.92 Å². The topological polar surface area (TPSA) is 69.4 Å². The fourth-order valence-electron chi connectivity index (χ4n) is 4.41. The van der Waals surface area contributed by atoms with Gasteiger partial charge in [-0.25, -0.2) is 4.39 Å². The molecule has 0 spiro atoms. The van der Waals surface area contributed by atoms with Gasteiger partial charge in [0.15, 0.2) is 0 Å². The molecule has 1 aromatic carbocycles. The average Bonchev–Trinajstić information content (AvgIpc) is 3.54. The molecule has 0 aliphatic carbocycles. The third kappa shape index (κ3) is 5.60. The van der Waals surface area contributed by atoms with Gasteiger partial charge in [-0.05, 0) is 79.0 Å². The molecule has 198 valence electrons. The van der Waals surface area contributed by atoms with Crippen molar-refractivity contribution in [3.05, 3.63) is 132 Å². The van der Waals surface area contributed by atoms with E-state index in [0.717, 1.165) is 39.4 Å². The summed E-state index contributed by atoms with van der Waals surface area (Å²) in [6, 6.07) is 9.52. The first-order valence-electron chi connectivity index (χ1n) is 12.9. The maximum Gasteiger partial charge on any atom is 0.142 e. The summed E-state index contributed by atoms with van der Waals surface area (Å²) in [5.74, 6) is -0.102. The number of allylic oxidation sites excluding steroid dienone is 7. The monoisotopic (exact) mass is 519 g/mol. The van der Waals surface area contributed by atoms with E-state index < -0.39 is 0 Å². The van der Waals surface area contributed by atoms with E-state index in [1.807, 2.05) is 56.3 Å². The number of hydrogen-bond donors (Lipinski definition) is 3. The Morgan fingerprint density at radius 3 is 2.49 bits per heavy atom. The van der Waals surface area contributed by atoms with Crippen molar-refractivity contribution in [3.63, 3.8) is 0 Å². The fraction of sp³-hybridized carbons (Fsp3) is 0.152. The normalized spacial score (nSPS) is 12.7. The summed E-state index contributed by atoms with van der Waals surface area (Å²) in [7, 11) is 0. The standard InChI is InChI=1S/C33H34FN5/c1-8-11-26(24-14-16-35-17-15-24)28-19-30(37-22(28)7)33-31-29(38-39-33)13-12-27(32(31)34)23(9-2)18-25(10-3)36-21(6)20(4)5/h8-20,36-37H,1,3,6H2,2,4-5,7H3,(H,38,39)/b23-9+,25-18+,26-11-. The minimum atomic E-state index is -0.350. The Balaban J connectivity index is 1.80. The quantitative estimate of drug-likeness (QED) is 0.185. The number of fused-ring (bicyclic) bond motifs is 1. The lowest BCUT2D eigenvalue weighted by Gasteiger charge is -2.14. The van der Waals surface area contributed by atoms with Gasteiger partial charge in [0, 0.05) is 40.6 Å². The van der Waals surface area contributed by atoms with Crippen LogP contribution in [-0.4, -0.2) is 20.2 Å². The molecule has 4 rings (SSSR count). The lowest BCUT2D eigenvalue weighted by atomic mass is 9.97. The van der Waals surface area contributed by atoms with Gasteiger partial charge in [-0.3, -0.25) is 10.1 Å².